The highest BCUT2D eigenvalue weighted by atomic mass is 16.5. The number of aryl methyl sites for hydroxylation is 3. The maximum atomic E-state index is 11.1. The van der Waals surface area contributed by atoms with E-state index in [0.717, 1.165) is 36.8 Å². The Morgan fingerprint density at radius 1 is 1.25 bits per heavy atom. The van der Waals surface area contributed by atoms with Gasteiger partial charge in [0.1, 0.15) is 5.75 Å². The first-order valence-electron chi connectivity index (χ1n) is 7.17. The average Bonchev–Trinajstić information content (AvgIpc) is 2.40. The molecule has 1 aromatic carbocycles. The molecule has 0 spiro atoms. The van der Waals surface area contributed by atoms with Crippen LogP contribution in [0.1, 0.15) is 42.9 Å². The van der Waals surface area contributed by atoms with E-state index in [2.05, 4.69) is 0 Å². The van der Waals surface area contributed by atoms with Crippen LogP contribution in [0.3, 0.4) is 0 Å². The van der Waals surface area contributed by atoms with E-state index in [1.165, 1.54) is 11.6 Å². The van der Waals surface area contributed by atoms with Gasteiger partial charge in [0.05, 0.1) is 6.61 Å². The quantitative estimate of drug-likeness (QED) is 0.467. The standard InChI is InChI=1S/C17H24O3/c1-4-20-16(18)10-8-6-5-7-9-15-11-13(2)17(19)14(3)12-15/h8,10-12,19H,4-7,9H2,1-3H3/b10-8+. The van der Waals surface area contributed by atoms with Crippen LogP contribution in [0, 0.1) is 13.8 Å². The molecule has 3 nitrogen and oxygen atoms in total. The summed E-state index contributed by atoms with van der Waals surface area (Å²) in [6.45, 7) is 6.07. The first-order chi connectivity index (χ1) is 9.54. The molecule has 0 aliphatic carbocycles. The van der Waals surface area contributed by atoms with Crippen molar-refractivity contribution in [3.63, 3.8) is 0 Å². The van der Waals surface area contributed by atoms with Crippen molar-refractivity contribution in [2.75, 3.05) is 6.61 Å². The van der Waals surface area contributed by atoms with Crippen molar-refractivity contribution in [3.05, 3.63) is 41.0 Å². The number of hydrogen-bond acceptors (Lipinski definition) is 3. The molecule has 0 fully saturated rings. The number of allylic oxidation sites excluding steroid dienone is 1. The van der Waals surface area contributed by atoms with Gasteiger partial charge in [0, 0.05) is 6.08 Å². The van der Waals surface area contributed by atoms with Crippen LogP contribution < -0.4 is 0 Å². The maximum absolute atomic E-state index is 11.1. The van der Waals surface area contributed by atoms with E-state index in [9.17, 15) is 9.90 Å². The van der Waals surface area contributed by atoms with Crippen LogP contribution in [0.25, 0.3) is 0 Å². The van der Waals surface area contributed by atoms with Crippen LogP contribution in [0.4, 0.5) is 0 Å². The second-order valence-corrected chi connectivity index (χ2v) is 4.98. The molecule has 0 aliphatic rings. The summed E-state index contributed by atoms with van der Waals surface area (Å²) in [7, 11) is 0. The van der Waals surface area contributed by atoms with Gasteiger partial charge >= 0.3 is 5.97 Å². The van der Waals surface area contributed by atoms with E-state index in [4.69, 9.17) is 4.74 Å². The highest BCUT2D eigenvalue weighted by Gasteiger charge is 2.03. The molecule has 0 amide bonds. The number of phenolic OH excluding ortho intramolecular Hbond substituents is 1. The molecular formula is C17H24O3. The van der Waals surface area contributed by atoms with Crippen molar-refractivity contribution in [1.82, 2.24) is 0 Å². The second kappa shape index (κ2) is 8.41. The van der Waals surface area contributed by atoms with Crippen LogP contribution in [0.5, 0.6) is 5.75 Å². The van der Waals surface area contributed by atoms with Crippen LogP contribution in [0.15, 0.2) is 24.3 Å². The zero-order chi connectivity index (χ0) is 15.0. The van der Waals surface area contributed by atoms with Crippen LogP contribution in [0.2, 0.25) is 0 Å². The zero-order valence-corrected chi connectivity index (χ0v) is 12.6. The smallest absolute Gasteiger partial charge is 0.330 e. The van der Waals surface area contributed by atoms with E-state index in [1.807, 2.05) is 32.1 Å². The lowest BCUT2D eigenvalue weighted by Crippen LogP contribution is -1.98. The maximum Gasteiger partial charge on any atom is 0.330 e. The number of ether oxygens (including phenoxy) is 1. The Morgan fingerprint density at radius 2 is 1.90 bits per heavy atom. The predicted molar refractivity (Wildman–Crippen MR) is 80.9 cm³/mol. The molecule has 0 saturated carbocycles. The molecule has 0 radical (unpaired) electrons. The Kier molecular flexibility index (Phi) is 6.85. The summed E-state index contributed by atoms with van der Waals surface area (Å²) < 4.78 is 4.81. The molecule has 20 heavy (non-hydrogen) atoms. The lowest BCUT2D eigenvalue weighted by Gasteiger charge is -2.07. The summed E-state index contributed by atoms with van der Waals surface area (Å²) in [6.07, 6.45) is 7.35. The monoisotopic (exact) mass is 276 g/mol. The summed E-state index contributed by atoms with van der Waals surface area (Å²) in [4.78, 5) is 11.1. The van der Waals surface area contributed by atoms with Crippen molar-refractivity contribution in [3.8, 4) is 5.75 Å². The van der Waals surface area contributed by atoms with Gasteiger partial charge in [0.2, 0.25) is 0 Å². The number of esters is 1. The van der Waals surface area contributed by atoms with Gasteiger partial charge in [0.25, 0.3) is 0 Å². The lowest BCUT2D eigenvalue weighted by molar-refractivity contribution is -0.137. The Bertz CT molecular complexity index is 452. The second-order valence-electron chi connectivity index (χ2n) is 4.98. The van der Waals surface area contributed by atoms with Gasteiger partial charge in [-0.05, 0) is 63.1 Å². The number of carbonyl (C=O) groups excluding carboxylic acids is 1. The third-order valence-electron chi connectivity index (χ3n) is 3.18. The summed E-state index contributed by atoms with van der Waals surface area (Å²) in [5.41, 5.74) is 3.12. The first kappa shape index (κ1) is 16.3. The molecule has 0 aliphatic heterocycles. The summed E-state index contributed by atoms with van der Waals surface area (Å²) in [5.74, 6) is 0.128. The summed E-state index contributed by atoms with van der Waals surface area (Å²) in [6, 6.07) is 4.08. The van der Waals surface area contributed by atoms with E-state index in [0.29, 0.717) is 12.4 Å². The molecule has 0 atom stereocenters. The van der Waals surface area contributed by atoms with Crippen LogP contribution in [-0.2, 0) is 16.0 Å². The molecule has 110 valence electrons. The van der Waals surface area contributed by atoms with Crippen molar-refractivity contribution in [2.24, 2.45) is 0 Å². The molecule has 0 heterocycles. The first-order valence-corrected chi connectivity index (χ1v) is 7.17. The minimum atomic E-state index is -0.266. The van der Waals surface area contributed by atoms with Gasteiger partial charge in [-0.1, -0.05) is 18.2 Å². The number of benzene rings is 1. The van der Waals surface area contributed by atoms with Crippen molar-refractivity contribution in [1.29, 1.82) is 0 Å². The fraction of sp³-hybridized carbons (Fsp3) is 0.471. The number of hydrogen-bond donors (Lipinski definition) is 1. The number of carbonyl (C=O) groups is 1. The highest BCUT2D eigenvalue weighted by molar-refractivity contribution is 5.81. The Balaban J connectivity index is 2.30. The number of rotatable bonds is 7. The zero-order valence-electron chi connectivity index (χ0n) is 12.6. The van der Waals surface area contributed by atoms with E-state index >= 15 is 0 Å². The summed E-state index contributed by atoms with van der Waals surface area (Å²) >= 11 is 0. The van der Waals surface area contributed by atoms with Gasteiger partial charge in [-0.3, -0.25) is 0 Å². The number of phenols is 1. The van der Waals surface area contributed by atoms with E-state index < -0.39 is 0 Å². The topological polar surface area (TPSA) is 46.5 Å². The van der Waals surface area contributed by atoms with Crippen molar-refractivity contribution >= 4 is 5.97 Å². The third-order valence-corrected chi connectivity index (χ3v) is 3.18. The SMILES string of the molecule is CCOC(=O)/C=C/CCCCc1cc(C)c(O)c(C)c1. The Morgan fingerprint density at radius 3 is 2.50 bits per heavy atom. The molecular weight excluding hydrogens is 252 g/mol. The largest absolute Gasteiger partial charge is 0.507 e. The predicted octanol–water partition coefficient (Wildman–Crippen LogP) is 3.84. The highest BCUT2D eigenvalue weighted by Crippen LogP contribution is 2.23. The molecule has 0 bridgehead atoms. The van der Waals surface area contributed by atoms with Gasteiger partial charge in [-0.25, -0.2) is 4.79 Å². The average molecular weight is 276 g/mol. The molecule has 0 unspecified atom stereocenters. The third kappa shape index (κ3) is 5.47. The number of aromatic hydroxyl groups is 1. The van der Waals surface area contributed by atoms with Gasteiger partial charge in [-0.2, -0.15) is 0 Å². The van der Waals surface area contributed by atoms with Crippen LogP contribution in [-0.4, -0.2) is 17.7 Å². The van der Waals surface area contributed by atoms with Gasteiger partial charge in [-0.15, -0.1) is 0 Å². The van der Waals surface area contributed by atoms with E-state index in [-0.39, 0.29) is 5.97 Å². The lowest BCUT2D eigenvalue weighted by atomic mass is 10.0. The normalized spacial score (nSPS) is 10.9. The van der Waals surface area contributed by atoms with Gasteiger partial charge in [0.15, 0.2) is 0 Å². The Hall–Kier alpha value is -1.77. The fourth-order valence-corrected chi connectivity index (χ4v) is 2.15. The molecule has 0 saturated heterocycles. The van der Waals surface area contributed by atoms with Gasteiger partial charge < -0.3 is 9.84 Å². The van der Waals surface area contributed by atoms with Crippen molar-refractivity contribution in [2.45, 2.75) is 46.5 Å². The molecule has 1 rings (SSSR count). The fourth-order valence-electron chi connectivity index (χ4n) is 2.15. The molecule has 1 aromatic rings. The molecule has 3 heteroatoms. The molecule has 0 aromatic heterocycles. The number of unbranched alkanes of at least 4 members (excludes halogenated alkanes) is 2. The molecule has 1 N–H and O–H groups in total. The minimum absolute atomic E-state index is 0.266. The van der Waals surface area contributed by atoms with E-state index in [1.54, 1.807) is 6.92 Å². The minimum Gasteiger partial charge on any atom is -0.507 e. The summed E-state index contributed by atoms with van der Waals surface area (Å²) in [5, 5.41) is 9.72. The van der Waals surface area contributed by atoms with Crippen LogP contribution >= 0.6 is 0 Å². The Labute approximate surface area is 121 Å². The van der Waals surface area contributed by atoms with Crippen molar-refractivity contribution < 1.29 is 14.6 Å².